The highest BCUT2D eigenvalue weighted by Crippen LogP contribution is 2.27. The second-order valence-corrected chi connectivity index (χ2v) is 4.96. The van der Waals surface area contributed by atoms with Gasteiger partial charge in [0.25, 0.3) is 0 Å². The number of nitrogen functional groups attached to an aromatic ring is 1. The highest BCUT2D eigenvalue weighted by Gasteiger charge is 2.08. The number of ether oxygens (including phenoxy) is 2. The van der Waals surface area contributed by atoms with Crippen LogP contribution in [0.25, 0.3) is 22.5 Å². The van der Waals surface area contributed by atoms with Crippen molar-refractivity contribution < 1.29 is 9.47 Å². The van der Waals surface area contributed by atoms with Crippen LogP contribution in [-0.4, -0.2) is 24.2 Å². The van der Waals surface area contributed by atoms with E-state index in [2.05, 4.69) is 9.97 Å². The smallest absolute Gasteiger partial charge is 0.221 e. The van der Waals surface area contributed by atoms with E-state index in [1.807, 2.05) is 54.6 Å². The van der Waals surface area contributed by atoms with Gasteiger partial charge in [0.1, 0.15) is 11.5 Å². The molecule has 0 spiro atoms. The normalized spacial score (nSPS) is 10.3. The average Bonchev–Trinajstić information content (AvgIpc) is 2.61. The van der Waals surface area contributed by atoms with E-state index in [-0.39, 0.29) is 5.95 Å². The van der Waals surface area contributed by atoms with Crippen molar-refractivity contribution in [1.29, 1.82) is 0 Å². The van der Waals surface area contributed by atoms with Gasteiger partial charge >= 0.3 is 0 Å². The predicted octanol–water partition coefficient (Wildman–Crippen LogP) is 3.41. The molecule has 1 aromatic heterocycles. The van der Waals surface area contributed by atoms with Crippen LogP contribution in [0.15, 0.2) is 54.6 Å². The first-order chi connectivity index (χ1) is 11.2. The molecule has 2 aromatic carbocycles. The van der Waals surface area contributed by atoms with Gasteiger partial charge in [-0.05, 0) is 42.5 Å². The lowest BCUT2D eigenvalue weighted by Crippen LogP contribution is -1.99. The Kier molecular flexibility index (Phi) is 4.10. The van der Waals surface area contributed by atoms with Crippen molar-refractivity contribution in [2.75, 3.05) is 20.0 Å². The van der Waals surface area contributed by atoms with Gasteiger partial charge in [-0.25, -0.2) is 9.97 Å². The van der Waals surface area contributed by atoms with Crippen molar-refractivity contribution in [3.05, 3.63) is 54.6 Å². The second kappa shape index (κ2) is 6.36. The van der Waals surface area contributed by atoms with Crippen LogP contribution in [-0.2, 0) is 0 Å². The highest BCUT2D eigenvalue weighted by molar-refractivity contribution is 5.70. The van der Waals surface area contributed by atoms with Crippen LogP contribution in [0, 0.1) is 0 Å². The number of hydrogen-bond acceptors (Lipinski definition) is 5. The molecule has 5 nitrogen and oxygen atoms in total. The molecule has 1 heterocycles. The molecule has 0 saturated heterocycles. The first-order valence-electron chi connectivity index (χ1n) is 7.13. The SMILES string of the molecule is COc1ccc(-c2cc(-c3cccc(OC)c3)nc(N)n2)cc1. The summed E-state index contributed by atoms with van der Waals surface area (Å²) in [7, 11) is 3.27. The topological polar surface area (TPSA) is 70.3 Å². The first kappa shape index (κ1) is 14.8. The fourth-order valence-corrected chi connectivity index (χ4v) is 2.31. The molecule has 5 heteroatoms. The molecule has 0 saturated carbocycles. The Bertz CT molecular complexity index is 817. The summed E-state index contributed by atoms with van der Waals surface area (Å²) in [6.45, 7) is 0. The maximum atomic E-state index is 5.88. The molecule has 0 radical (unpaired) electrons. The summed E-state index contributed by atoms with van der Waals surface area (Å²) in [6, 6.07) is 17.2. The lowest BCUT2D eigenvalue weighted by molar-refractivity contribution is 0.415. The zero-order valence-corrected chi connectivity index (χ0v) is 13.0. The summed E-state index contributed by atoms with van der Waals surface area (Å²) in [5.41, 5.74) is 9.27. The summed E-state index contributed by atoms with van der Waals surface area (Å²) >= 11 is 0. The molecule has 0 unspecified atom stereocenters. The number of rotatable bonds is 4. The van der Waals surface area contributed by atoms with E-state index in [1.54, 1.807) is 14.2 Å². The van der Waals surface area contributed by atoms with Gasteiger partial charge in [0.2, 0.25) is 5.95 Å². The molecule has 0 fully saturated rings. The van der Waals surface area contributed by atoms with Crippen molar-refractivity contribution in [2.24, 2.45) is 0 Å². The third kappa shape index (κ3) is 3.23. The Morgan fingerprint density at radius 3 is 2.04 bits per heavy atom. The molecule has 3 rings (SSSR count). The van der Waals surface area contributed by atoms with Gasteiger partial charge in [0.15, 0.2) is 0 Å². The fourth-order valence-electron chi connectivity index (χ4n) is 2.31. The van der Waals surface area contributed by atoms with E-state index in [1.165, 1.54) is 0 Å². The Morgan fingerprint density at radius 2 is 1.39 bits per heavy atom. The number of hydrogen-bond donors (Lipinski definition) is 1. The minimum atomic E-state index is 0.233. The zero-order chi connectivity index (χ0) is 16.2. The molecule has 116 valence electrons. The Balaban J connectivity index is 2.04. The van der Waals surface area contributed by atoms with E-state index in [0.29, 0.717) is 0 Å². The van der Waals surface area contributed by atoms with Crippen LogP contribution in [0.5, 0.6) is 11.5 Å². The predicted molar refractivity (Wildman–Crippen MR) is 90.4 cm³/mol. The van der Waals surface area contributed by atoms with Gasteiger partial charge in [-0.15, -0.1) is 0 Å². The zero-order valence-electron chi connectivity index (χ0n) is 13.0. The molecule has 0 bridgehead atoms. The largest absolute Gasteiger partial charge is 0.497 e. The van der Waals surface area contributed by atoms with Crippen molar-refractivity contribution in [3.63, 3.8) is 0 Å². The number of methoxy groups -OCH3 is 2. The van der Waals surface area contributed by atoms with Crippen LogP contribution < -0.4 is 15.2 Å². The Labute approximate surface area is 134 Å². The maximum Gasteiger partial charge on any atom is 0.221 e. The molecule has 2 N–H and O–H groups in total. The number of anilines is 1. The minimum Gasteiger partial charge on any atom is -0.497 e. The monoisotopic (exact) mass is 307 g/mol. The Hall–Kier alpha value is -3.08. The van der Waals surface area contributed by atoms with Crippen molar-refractivity contribution in [2.45, 2.75) is 0 Å². The summed E-state index contributed by atoms with van der Waals surface area (Å²) in [6.07, 6.45) is 0. The van der Waals surface area contributed by atoms with Gasteiger partial charge in [-0.3, -0.25) is 0 Å². The van der Waals surface area contributed by atoms with Crippen molar-refractivity contribution in [1.82, 2.24) is 9.97 Å². The lowest BCUT2D eigenvalue weighted by Gasteiger charge is -2.08. The molecule has 0 aliphatic heterocycles. The van der Waals surface area contributed by atoms with Crippen LogP contribution in [0.1, 0.15) is 0 Å². The first-order valence-corrected chi connectivity index (χ1v) is 7.13. The number of nitrogens with two attached hydrogens (primary N) is 1. The van der Waals surface area contributed by atoms with Crippen LogP contribution in [0.3, 0.4) is 0 Å². The molecule has 0 aliphatic rings. The van der Waals surface area contributed by atoms with E-state index in [4.69, 9.17) is 15.2 Å². The summed E-state index contributed by atoms with van der Waals surface area (Å²) in [4.78, 5) is 8.65. The molecule has 3 aromatic rings. The molecule has 0 aliphatic carbocycles. The third-order valence-corrected chi connectivity index (χ3v) is 3.49. The molecule has 23 heavy (non-hydrogen) atoms. The van der Waals surface area contributed by atoms with Crippen molar-refractivity contribution >= 4 is 5.95 Å². The van der Waals surface area contributed by atoms with Gasteiger partial charge in [0.05, 0.1) is 25.6 Å². The summed E-state index contributed by atoms with van der Waals surface area (Å²) in [5.74, 6) is 1.80. The molecule has 0 amide bonds. The molecular weight excluding hydrogens is 290 g/mol. The van der Waals surface area contributed by atoms with Crippen LogP contribution in [0.2, 0.25) is 0 Å². The van der Waals surface area contributed by atoms with Crippen LogP contribution >= 0.6 is 0 Å². The lowest BCUT2D eigenvalue weighted by atomic mass is 10.1. The highest BCUT2D eigenvalue weighted by atomic mass is 16.5. The Morgan fingerprint density at radius 1 is 0.739 bits per heavy atom. The van der Waals surface area contributed by atoms with Crippen LogP contribution in [0.4, 0.5) is 5.95 Å². The minimum absolute atomic E-state index is 0.233. The van der Waals surface area contributed by atoms with Gasteiger partial charge in [-0.2, -0.15) is 0 Å². The quantitative estimate of drug-likeness (QED) is 0.800. The third-order valence-electron chi connectivity index (χ3n) is 3.49. The average molecular weight is 307 g/mol. The number of benzene rings is 2. The molecular formula is C18H17N3O2. The van der Waals surface area contributed by atoms with E-state index in [9.17, 15) is 0 Å². The number of nitrogens with zero attached hydrogens (tertiary/aromatic N) is 2. The van der Waals surface area contributed by atoms with Gasteiger partial charge < -0.3 is 15.2 Å². The fraction of sp³-hybridized carbons (Fsp3) is 0.111. The molecule has 0 atom stereocenters. The van der Waals surface area contributed by atoms with Gasteiger partial charge in [-0.1, -0.05) is 12.1 Å². The number of aromatic nitrogens is 2. The van der Waals surface area contributed by atoms with E-state index in [0.717, 1.165) is 34.0 Å². The van der Waals surface area contributed by atoms with Gasteiger partial charge in [0, 0.05) is 11.1 Å². The maximum absolute atomic E-state index is 5.88. The van der Waals surface area contributed by atoms with Crippen molar-refractivity contribution in [3.8, 4) is 34.0 Å². The standard InChI is InChI=1S/C18H17N3O2/c1-22-14-8-6-12(7-9-14)16-11-17(21-18(19)20-16)13-4-3-5-15(10-13)23-2/h3-11H,1-2H3,(H2,19,20,21). The van der Waals surface area contributed by atoms with E-state index < -0.39 is 0 Å². The second-order valence-electron chi connectivity index (χ2n) is 4.96. The summed E-state index contributed by atoms with van der Waals surface area (Å²) < 4.78 is 10.4. The summed E-state index contributed by atoms with van der Waals surface area (Å²) in [5, 5.41) is 0. The van der Waals surface area contributed by atoms with E-state index >= 15 is 0 Å².